The van der Waals surface area contributed by atoms with Crippen LogP contribution in [0.2, 0.25) is 0 Å². The summed E-state index contributed by atoms with van der Waals surface area (Å²) in [5.74, 6) is -0.183. The number of anilines is 1. The smallest absolute Gasteiger partial charge is 0.309 e. The molecule has 1 aliphatic heterocycles. The quantitative estimate of drug-likeness (QED) is 0.759. The zero-order valence-electron chi connectivity index (χ0n) is 13.4. The third kappa shape index (κ3) is 2.83. The van der Waals surface area contributed by atoms with Gasteiger partial charge in [0, 0.05) is 30.4 Å². The SMILES string of the molecule is O=C1CC(c2cccnc2)c2c(ncn2-c2cccc(C(F)(F)F)c2)N1. The Morgan fingerprint density at radius 2 is 2.04 bits per heavy atom. The summed E-state index contributed by atoms with van der Waals surface area (Å²) in [6.07, 6.45) is 0.431. The molecule has 1 amide bonds. The monoisotopic (exact) mass is 358 g/mol. The molecule has 26 heavy (non-hydrogen) atoms. The van der Waals surface area contributed by atoms with Crippen LogP contribution in [0.25, 0.3) is 5.69 Å². The zero-order valence-corrected chi connectivity index (χ0v) is 13.4. The standard InChI is InChI=1S/C18H13F3N4O/c19-18(20,21)12-4-1-5-13(7-12)25-10-23-17-16(25)14(8-15(26)24-17)11-3-2-6-22-9-11/h1-7,9-10,14H,8H2,(H,24,26). The van der Waals surface area contributed by atoms with Crippen molar-refractivity contribution in [3.05, 3.63) is 71.9 Å². The fourth-order valence-corrected chi connectivity index (χ4v) is 3.15. The number of carbonyl (C=O) groups is 1. The lowest BCUT2D eigenvalue weighted by Crippen LogP contribution is -2.25. The first-order chi connectivity index (χ1) is 12.4. The minimum Gasteiger partial charge on any atom is -0.309 e. The predicted octanol–water partition coefficient (Wildman–Crippen LogP) is 3.76. The van der Waals surface area contributed by atoms with E-state index in [-0.39, 0.29) is 18.2 Å². The maximum absolute atomic E-state index is 13.1. The summed E-state index contributed by atoms with van der Waals surface area (Å²) < 4.78 is 40.7. The highest BCUT2D eigenvalue weighted by Gasteiger charge is 2.33. The Kier molecular flexibility index (Phi) is 3.75. The van der Waals surface area contributed by atoms with Crippen LogP contribution in [0.3, 0.4) is 0 Å². The van der Waals surface area contributed by atoms with Crippen molar-refractivity contribution in [3.63, 3.8) is 0 Å². The van der Waals surface area contributed by atoms with E-state index in [1.807, 2.05) is 6.07 Å². The second-order valence-corrected chi connectivity index (χ2v) is 5.99. The van der Waals surface area contributed by atoms with E-state index < -0.39 is 11.7 Å². The Morgan fingerprint density at radius 3 is 2.77 bits per heavy atom. The highest BCUT2D eigenvalue weighted by atomic mass is 19.4. The number of imidazole rings is 1. The number of nitrogens with zero attached hydrogens (tertiary/aromatic N) is 3. The molecule has 3 aromatic rings. The van der Waals surface area contributed by atoms with Crippen LogP contribution in [0.1, 0.15) is 29.2 Å². The van der Waals surface area contributed by atoms with E-state index in [9.17, 15) is 18.0 Å². The van der Waals surface area contributed by atoms with Crippen molar-refractivity contribution in [1.82, 2.24) is 14.5 Å². The lowest BCUT2D eigenvalue weighted by molar-refractivity contribution is -0.137. The minimum atomic E-state index is -4.44. The number of aromatic nitrogens is 3. The van der Waals surface area contributed by atoms with Crippen molar-refractivity contribution in [2.75, 3.05) is 5.32 Å². The molecule has 5 nitrogen and oxygen atoms in total. The van der Waals surface area contributed by atoms with Crippen molar-refractivity contribution in [2.24, 2.45) is 0 Å². The molecule has 2 aromatic heterocycles. The summed E-state index contributed by atoms with van der Waals surface area (Å²) in [6, 6.07) is 8.61. The summed E-state index contributed by atoms with van der Waals surface area (Å²) in [6.45, 7) is 0. The molecule has 0 bridgehead atoms. The normalized spacial score (nSPS) is 16.9. The van der Waals surface area contributed by atoms with Crippen molar-refractivity contribution in [3.8, 4) is 5.69 Å². The molecule has 3 heterocycles. The van der Waals surface area contributed by atoms with Gasteiger partial charge in [0.2, 0.25) is 5.91 Å². The highest BCUT2D eigenvalue weighted by Crippen LogP contribution is 2.38. The molecular formula is C18H13F3N4O. The summed E-state index contributed by atoms with van der Waals surface area (Å²) in [4.78, 5) is 20.3. The molecule has 1 atom stereocenters. The van der Waals surface area contributed by atoms with Crippen LogP contribution in [0.5, 0.6) is 0 Å². The van der Waals surface area contributed by atoms with Crippen LogP contribution in [0.4, 0.5) is 19.0 Å². The fourth-order valence-electron chi connectivity index (χ4n) is 3.15. The van der Waals surface area contributed by atoms with Gasteiger partial charge in [0.1, 0.15) is 6.33 Å². The molecule has 0 saturated carbocycles. The summed E-state index contributed by atoms with van der Waals surface area (Å²) in [5.41, 5.74) is 1.03. The number of carbonyl (C=O) groups excluding carboxylic acids is 1. The summed E-state index contributed by atoms with van der Waals surface area (Å²) in [7, 11) is 0. The van der Waals surface area contributed by atoms with Crippen LogP contribution in [0.15, 0.2) is 55.1 Å². The minimum absolute atomic E-state index is 0.170. The van der Waals surface area contributed by atoms with Gasteiger partial charge in [-0.25, -0.2) is 4.98 Å². The lowest BCUT2D eigenvalue weighted by Gasteiger charge is -2.24. The third-order valence-corrected chi connectivity index (χ3v) is 4.32. The molecule has 1 aromatic carbocycles. The second kappa shape index (κ2) is 5.98. The fraction of sp³-hybridized carbons (Fsp3) is 0.167. The topological polar surface area (TPSA) is 59.8 Å². The van der Waals surface area contributed by atoms with Crippen molar-refractivity contribution >= 4 is 11.7 Å². The molecule has 132 valence electrons. The van der Waals surface area contributed by atoms with Gasteiger partial charge in [0.15, 0.2) is 5.82 Å². The number of rotatable bonds is 2. The first-order valence-corrected chi connectivity index (χ1v) is 7.88. The first-order valence-electron chi connectivity index (χ1n) is 7.88. The Hall–Kier alpha value is -3.16. The van der Waals surface area contributed by atoms with E-state index in [0.29, 0.717) is 17.2 Å². The molecule has 0 fully saturated rings. The number of amides is 1. The van der Waals surface area contributed by atoms with Gasteiger partial charge < -0.3 is 9.88 Å². The van der Waals surface area contributed by atoms with E-state index in [2.05, 4.69) is 15.3 Å². The zero-order chi connectivity index (χ0) is 18.3. The molecule has 0 aliphatic carbocycles. The van der Waals surface area contributed by atoms with Gasteiger partial charge in [-0.1, -0.05) is 12.1 Å². The predicted molar refractivity (Wildman–Crippen MR) is 87.9 cm³/mol. The Bertz CT molecular complexity index is 966. The van der Waals surface area contributed by atoms with Gasteiger partial charge in [-0.05, 0) is 29.8 Å². The molecule has 0 saturated heterocycles. The van der Waals surface area contributed by atoms with Crippen LogP contribution < -0.4 is 5.32 Å². The Labute approximate surface area is 146 Å². The van der Waals surface area contributed by atoms with Gasteiger partial charge in [-0.15, -0.1) is 0 Å². The van der Waals surface area contributed by atoms with E-state index in [1.165, 1.54) is 12.4 Å². The third-order valence-electron chi connectivity index (χ3n) is 4.32. The molecule has 8 heteroatoms. The molecule has 1 unspecified atom stereocenters. The maximum Gasteiger partial charge on any atom is 0.416 e. The molecule has 4 rings (SSSR count). The summed E-state index contributed by atoms with van der Waals surface area (Å²) in [5, 5.41) is 2.68. The van der Waals surface area contributed by atoms with Crippen LogP contribution in [-0.4, -0.2) is 20.4 Å². The number of alkyl halides is 3. The lowest BCUT2D eigenvalue weighted by atomic mass is 9.90. The second-order valence-electron chi connectivity index (χ2n) is 5.99. The van der Waals surface area contributed by atoms with Crippen LogP contribution in [0, 0.1) is 0 Å². The number of pyridine rings is 1. The molecule has 0 spiro atoms. The molecule has 1 N–H and O–H groups in total. The van der Waals surface area contributed by atoms with E-state index in [1.54, 1.807) is 29.1 Å². The average molecular weight is 358 g/mol. The van der Waals surface area contributed by atoms with Gasteiger partial charge in [-0.2, -0.15) is 13.2 Å². The van der Waals surface area contributed by atoms with Crippen molar-refractivity contribution in [1.29, 1.82) is 0 Å². The average Bonchev–Trinajstić information content (AvgIpc) is 3.05. The number of halogens is 3. The molecule has 0 radical (unpaired) electrons. The molecular weight excluding hydrogens is 345 g/mol. The first kappa shape index (κ1) is 16.3. The van der Waals surface area contributed by atoms with Gasteiger partial charge in [0.25, 0.3) is 0 Å². The maximum atomic E-state index is 13.1. The Balaban J connectivity index is 1.85. The van der Waals surface area contributed by atoms with Gasteiger partial charge in [0.05, 0.1) is 11.3 Å². The highest BCUT2D eigenvalue weighted by molar-refractivity contribution is 5.94. The molecule has 1 aliphatic rings. The van der Waals surface area contributed by atoms with E-state index >= 15 is 0 Å². The summed E-state index contributed by atoms with van der Waals surface area (Å²) >= 11 is 0. The number of fused-ring (bicyclic) bond motifs is 1. The number of benzene rings is 1. The van der Waals surface area contributed by atoms with E-state index in [0.717, 1.165) is 17.7 Å². The number of hydrogen-bond donors (Lipinski definition) is 1. The van der Waals surface area contributed by atoms with E-state index in [4.69, 9.17) is 0 Å². The largest absolute Gasteiger partial charge is 0.416 e. The van der Waals surface area contributed by atoms with Crippen molar-refractivity contribution < 1.29 is 18.0 Å². The van der Waals surface area contributed by atoms with Crippen LogP contribution >= 0.6 is 0 Å². The van der Waals surface area contributed by atoms with Gasteiger partial charge in [-0.3, -0.25) is 9.78 Å². The van der Waals surface area contributed by atoms with Crippen molar-refractivity contribution in [2.45, 2.75) is 18.5 Å². The number of nitrogens with one attached hydrogen (secondary N) is 1. The number of hydrogen-bond acceptors (Lipinski definition) is 3. The Morgan fingerprint density at radius 1 is 1.19 bits per heavy atom. The van der Waals surface area contributed by atoms with Gasteiger partial charge >= 0.3 is 6.18 Å². The van der Waals surface area contributed by atoms with Crippen LogP contribution in [-0.2, 0) is 11.0 Å².